The van der Waals surface area contributed by atoms with Crippen LogP contribution in [0.2, 0.25) is 5.02 Å². The Labute approximate surface area is 235 Å². The number of imidazole rings is 1. The van der Waals surface area contributed by atoms with E-state index in [4.69, 9.17) is 30.5 Å². The van der Waals surface area contributed by atoms with Gasteiger partial charge in [0.1, 0.15) is 4.92 Å². The number of methoxy groups -OCH3 is 1. The van der Waals surface area contributed by atoms with Crippen LogP contribution in [0.25, 0.3) is 22.6 Å². The fraction of sp³-hybridized carbons (Fsp3) is 0.357. The third kappa shape index (κ3) is 6.11. The number of hydrogen-bond donors (Lipinski definition) is 1. The van der Waals surface area contributed by atoms with Gasteiger partial charge in [0.05, 0.1) is 41.7 Å². The fourth-order valence-corrected chi connectivity index (χ4v) is 5.05. The van der Waals surface area contributed by atoms with E-state index in [1.165, 1.54) is 6.07 Å². The molecule has 4 aromatic rings. The lowest BCUT2D eigenvalue weighted by Gasteiger charge is -2.30. The fourth-order valence-electron chi connectivity index (χ4n) is 4.82. The molecule has 12 heteroatoms. The number of amides is 1. The van der Waals surface area contributed by atoms with Crippen molar-refractivity contribution in [1.82, 2.24) is 9.55 Å². The number of carbonyl (C=O) groups is 1. The van der Waals surface area contributed by atoms with Gasteiger partial charge in [0, 0.05) is 44.8 Å². The molecule has 1 saturated heterocycles. The van der Waals surface area contributed by atoms with Crippen molar-refractivity contribution in [3.05, 3.63) is 69.2 Å². The first-order valence-corrected chi connectivity index (χ1v) is 13.5. The van der Waals surface area contributed by atoms with Gasteiger partial charge < -0.3 is 28.7 Å². The molecular formula is C28H30ClN5O6. The van der Waals surface area contributed by atoms with Crippen molar-refractivity contribution < 1.29 is 23.6 Å². The molecule has 0 unspecified atom stereocenters. The second kappa shape index (κ2) is 12.5. The molecule has 11 nitrogen and oxygen atoms in total. The number of nitrogens with zero attached hydrogens (tertiary/aromatic N) is 4. The van der Waals surface area contributed by atoms with E-state index < -0.39 is 4.92 Å². The van der Waals surface area contributed by atoms with E-state index in [1.807, 2.05) is 41.0 Å². The maximum atomic E-state index is 13.1. The summed E-state index contributed by atoms with van der Waals surface area (Å²) >= 11 is 6.28. The molecule has 0 bridgehead atoms. The number of hydrogen-bond acceptors (Lipinski definition) is 8. The Balaban J connectivity index is 1.52. The highest BCUT2D eigenvalue weighted by molar-refractivity contribution is 6.31. The Morgan fingerprint density at radius 2 is 2.00 bits per heavy atom. The third-order valence-corrected chi connectivity index (χ3v) is 7.16. The number of aromatic nitrogens is 2. The minimum atomic E-state index is -0.575. The predicted octanol–water partition coefficient (Wildman–Crippen LogP) is 5.30. The van der Waals surface area contributed by atoms with Crippen LogP contribution in [-0.2, 0) is 27.2 Å². The smallest absolute Gasteiger partial charge is 0.397 e. The Kier molecular flexibility index (Phi) is 8.63. The summed E-state index contributed by atoms with van der Waals surface area (Å²) in [6.45, 7) is 3.58. The topological polar surface area (TPSA) is 125 Å². The molecular weight excluding hydrogens is 538 g/mol. The Hall–Kier alpha value is -3.93. The summed E-state index contributed by atoms with van der Waals surface area (Å²) in [5.74, 6) is 0.258. The average molecular weight is 568 g/mol. The number of ether oxygens (including phenoxy) is 2. The predicted molar refractivity (Wildman–Crippen MR) is 152 cm³/mol. The number of benzene rings is 2. The molecule has 1 fully saturated rings. The van der Waals surface area contributed by atoms with Gasteiger partial charge in [-0.2, -0.15) is 0 Å². The van der Waals surface area contributed by atoms with Crippen LogP contribution < -0.4 is 10.2 Å². The number of nitro groups is 1. The van der Waals surface area contributed by atoms with E-state index in [2.05, 4.69) is 10.2 Å². The van der Waals surface area contributed by atoms with Gasteiger partial charge in [-0.1, -0.05) is 29.8 Å². The summed E-state index contributed by atoms with van der Waals surface area (Å²) in [4.78, 5) is 30.7. The maximum absolute atomic E-state index is 13.1. The lowest BCUT2D eigenvalue weighted by Crippen LogP contribution is -2.36. The van der Waals surface area contributed by atoms with Gasteiger partial charge in [-0.05, 0) is 42.7 Å². The Bertz CT molecular complexity index is 1510. The van der Waals surface area contributed by atoms with E-state index >= 15 is 0 Å². The lowest BCUT2D eigenvalue weighted by molar-refractivity contribution is -0.401. The van der Waals surface area contributed by atoms with E-state index in [9.17, 15) is 14.9 Å². The standard InChI is InChI=1S/C28H30ClN5O6/c1-38-14-4-11-33-24-18-23(32-12-15-39-16-13-32)21(30-26(35)9-7-19-5-2-3-6-20(19)29)17-22(24)31-28(33)25-8-10-27(40-25)34(36)37/h2-3,5-6,8,10,17-18H,4,7,9,11-16H2,1H3,(H,30,35). The van der Waals surface area contributed by atoms with Crippen LogP contribution in [0.4, 0.5) is 17.3 Å². The van der Waals surface area contributed by atoms with Crippen LogP contribution in [-0.4, -0.2) is 60.4 Å². The van der Waals surface area contributed by atoms with Crippen LogP contribution in [0.5, 0.6) is 0 Å². The molecule has 0 radical (unpaired) electrons. The van der Waals surface area contributed by atoms with Crippen molar-refractivity contribution in [2.75, 3.05) is 50.2 Å². The quantitative estimate of drug-likeness (QED) is 0.147. The second-order valence-corrected chi connectivity index (χ2v) is 9.83. The van der Waals surface area contributed by atoms with Gasteiger partial charge in [-0.3, -0.25) is 14.9 Å². The Morgan fingerprint density at radius 1 is 1.20 bits per heavy atom. The number of furan rings is 1. The van der Waals surface area contributed by atoms with Crippen LogP contribution in [0, 0.1) is 10.1 Å². The molecule has 1 N–H and O–H groups in total. The highest BCUT2D eigenvalue weighted by Gasteiger charge is 2.23. The van der Waals surface area contributed by atoms with E-state index in [0.29, 0.717) is 80.1 Å². The summed E-state index contributed by atoms with van der Waals surface area (Å²) in [7, 11) is 1.64. The first-order valence-electron chi connectivity index (χ1n) is 13.1. The number of carbonyl (C=O) groups excluding carboxylic acids is 1. The summed E-state index contributed by atoms with van der Waals surface area (Å²) < 4.78 is 18.3. The summed E-state index contributed by atoms with van der Waals surface area (Å²) in [5.41, 5.74) is 3.85. The minimum Gasteiger partial charge on any atom is -0.397 e. The van der Waals surface area contributed by atoms with Crippen molar-refractivity contribution in [3.63, 3.8) is 0 Å². The SMILES string of the molecule is COCCCn1c(-c2ccc([N+](=O)[O-])o2)nc2cc(NC(=O)CCc3ccccc3Cl)c(N3CCOCC3)cc21. The number of nitrogens with one attached hydrogen (secondary N) is 1. The molecule has 1 aliphatic rings. The van der Waals surface area contributed by atoms with Crippen LogP contribution in [0.15, 0.2) is 52.9 Å². The van der Waals surface area contributed by atoms with Crippen LogP contribution >= 0.6 is 11.6 Å². The highest BCUT2D eigenvalue weighted by atomic mass is 35.5. The van der Waals surface area contributed by atoms with Gasteiger partial charge in [0.25, 0.3) is 0 Å². The molecule has 1 amide bonds. The molecule has 0 spiro atoms. The molecule has 1 aliphatic heterocycles. The molecule has 40 heavy (non-hydrogen) atoms. The summed E-state index contributed by atoms with van der Waals surface area (Å²) in [6.07, 6.45) is 1.47. The molecule has 5 rings (SSSR count). The normalized spacial score (nSPS) is 13.6. The largest absolute Gasteiger partial charge is 0.433 e. The molecule has 0 aliphatic carbocycles. The average Bonchev–Trinajstić information content (AvgIpc) is 3.58. The van der Waals surface area contributed by atoms with Gasteiger partial charge in [-0.25, -0.2) is 4.98 Å². The van der Waals surface area contributed by atoms with Crippen molar-refractivity contribution in [2.45, 2.75) is 25.8 Å². The first-order chi connectivity index (χ1) is 19.4. The number of fused-ring (bicyclic) bond motifs is 1. The number of anilines is 2. The van der Waals surface area contributed by atoms with Crippen molar-refractivity contribution >= 4 is 45.8 Å². The van der Waals surface area contributed by atoms with Gasteiger partial charge in [0.15, 0.2) is 11.6 Å². The second-order valence-electron chi connectivity index (χ2n) is 9.43. The first kappa shape index (κ1) is 27.6. The number of halogens is 1. The van der Waals surface area contributed by atoms with Crippen molar-refractivity contribution in [1.29, 1.82) is 0 Å². The van der Waals surface area contributed by atoms with Crippen LogP contribution in [0.3, 0.4) is 0 Å². The van der Waals surface area contributed by atoms with Gasteiger partial charge in [0.2, 0.25) is 5.91 Å². The number of morpholine rings is 1. The van der Waals surface area contributed by atoms with Crippen molar-refractivity contribution in [2.24, 2.45) is 0 Å². The lowest BCUT2D eigenvalue weighted by atomic mass is 10.1. The van der Waals surface area contributed by atoms with E-state index in [-0.39, 0.29) is 18.2 Å². The van der Waals surface area contributed by atoms with Gasteiger partial charge in [-0.15, -0.1) is 0 Å². The zero-order valence-corrected chi connectivity index (χ0v) is 22.9. The zero-order chi connectivity index (χ0) is 28.1. The number of aryl methyl sites for hydroxylation is 2. The Morgan fingerprint density at radius 3 is 2.73 bits per heavy atom. The van der Waals surface area contributed by atoms with Crippen molar-refractivity contribution in [3.8, 4) is 11.6 Å². The van der Waals surface area contributed by atoms with Gasteiger partial charge >= 0.3 is 5.88 Å². The molecule has 0 saturated carbocycles. The molecule has 3 heterocycles. The monoisotopic (exact) mass is 567 g/mol. The number of rotatable bonds is 11. The maximum Gasteiger partial charge on any atom is 0.433 e. The molecule has 210 valence electrons. The molecule has 0 atom stereocenters. The zero-order valence-electron chi connectivity index (χ0n) is 22.1. The summed E-state index contributed by atoms with van der Waals surface area (Å²) in [6, 6.07) is 14.2. The summed E-state index contributed by atoms with van der Waals surface area (Å²) in [5, 5.41) is 15.0. The van der Waals surface area contributed by atoms with E-state index in [0.717, 1.165) is 16.8 Å². The van der Waals surface area contributed by atoms with Crippen LogP contribution in [0.1, 0.15) is 18.4 Å². The third-order valence-electron chi connectivity index (χ3n) is 6.79. The highest BCUT2D eigenvalue weighted by Crippen LogP contribution is 2.36. The molecule has 2 aromatic heterocycles. The minimum absolute atomic E-state index is 0.143. The van der Waals surface area contributed by atoms with E-state index in [1.54, 1.807) is 13.2 Å². The molecule has 2 aromatic carbocycles.